The molecule has 0 unspecified atom stereocenters. The predicted octanol–water partition coefficient (Wildman–Crippen LogP) is 3.34. The maximum absolute atomic E-state index is 5.84. The molecule has 0 atom stereocenters. The quantitative estimate of drug-likeness (QED) is 0.664. The number of hydrogen-bond donors (Lipinski definition) is 1. The summed E-state index contributed by atoms with van der Waals surface area (Å²) < 4.78 is 5.84. The van der Waals surface area contributed by atoms with E-state index in [9.17, 15) is 0 Å². The first-order valence-electron chi connectivity index (χ1n) is 10.0. The van der Waals surface area contributed by atoms with E-state index in [0.717, 1.165) is 49.7 Å². The summed E-state index contributed by atoms with van der Waals surface area (Å²) in [5, 5.41) is 11.6. The van der Waals surface area contributed by atoms with Crippen LogP contribution in [-0.4, -0.2) is 52.8 Å². The van der Waals surface area contributed by atoms with Crippen molar-refractivity contribution in [1.82, 2.24) is 20.1 Å². The van der Waals surface area contributed by atoms with Gasteiger partial charge in [-0.25, -0.2) is 0 Å². The monoisotopic (exact) mass is 390 g/mol. The molecule has 2 aromatic carbocycles. The Kier molecular flexibility index (Phi) is 6.16. The van der Waals surface area contributed by atoms with Crippen molar-refractivity contribution in [3.63, 3.8) is 0 Å². The lowest BCUT2D eigenvalue weighted by Gasteiger charge is -2.33. The van der Waals surface area contributed by atoms with Crippen molar-refractivity contribution in [3.05, 3.63) is 66.4 Å². The number of nitrogens with zero attached hydrogens (tertiary/aromatic N) is 5. The molecule has 1 aliphatic heterocycles. The van der Waals surface area contributed by atoms with Crippen molar-refractivity contribution in [3.8, 4) is 5.75 Å². The van der Waals surface area contributed by atoms with Crippen molar-refractivity contribution in [2.24, 2.45) is 0 Å². The van der Waals surface area contributed by atoms with Crippen LogP contribution in [0.2, 0.25) is 0 Å². The topological polar surface area (TPSA) is 66.4 Å². The van der Waals surface area contributed by atoms with E-state index >= 15 is 0 Å². The van der Waals surface area contributed by atoms with Crippen LogP contribution in [-0.2, 0) is 6.61 Å². The Morgan fingerprint density at radius 1 is 0.966 bits per heavy atom. The molecular formula is C22H26N6O. The highest BCUT2D eigenvalue weighted by atomic mass is 16.5. The minimum atomic E-state index is 0.554. The SMILES string of the molecule is CCN1CCN(c2nncc(Nc3ccc(OCc4ccccc4)cc3)n2)CC1. The van der Waals surface area contributed by atoms with Gasteiger partial charge in [0.2, 0.25) is 5.95 Å². The van der Waals surface area contributed by atoms with Gasteiger partial charge in [0.15, 0.2) is 5.82 Å². The fraction of sp³-hybridized carbons (Fsp3) is 0.318. The standard InChI is InChI=1S/C22H26N6O/c1-2-27-12-14-28(15-13-27)22-25-21(16-23-26-22)24-19-8-10-20(11-9-19)29-17-18-6-4-3-5-7-18/h3-11,16H,2,12-15,17H2,1H3,(H,24,25,26). The second-order valence-electron chi connectivity index (χ2n) is 6.99. The Balaban J connectivity index is 1.34. The molecular weight excluding hydrogens is 364 g/mol. The molecule has 3 aromatic rings. The van der Waals surface area contributed by atoms with Gasteiger partial charge in [-0.2, -0.15) is 10.1 Å². The Hall–Kier alpha value is -3.19. The first-order chi connectivity index (χ1) is 14.3. The summed E-state index contributed by atoms with van der Waals surface area (Å²) in [6, 6.07) is 18.0. The number of aromatic nitrogens is 3. The Labute approximate surface area is 171 Å². The van der Waals surface area contributed by atoms with Crippen molar-refractivity contribution >= 4 is 17.5 Å². The summed E-state index contributed by atoms with van der Waals surface area (Å²) >= 11 is 0. The van der Waals surface area contributed by atoms with Crippen LogP contribution in [0.4, 0.5) is 17.5 Å². The molecule has 0 bridgehead atoms. The molecule has 2 heterocycles. The fourth-order valence-electron chi connectivity index (χ4n) is 3.28. The Morgan fingerprint density at radius 3 is 2.45 bits per heavy atom. The van der Waals surface area contributed by atoms with Crippen molar-refractivity contribution in [2.75, 3.05) is 42.9 Å². The number of benzene rings is 2. The van der Waals surface area contributed by atoms with Crippen LogP contribution in [0.3, 0.4) is 0 Å². The molecule has 0 aliphatic carbocycles. The molecule has 0 radical (unpaired) electrons. The van der Waals surface area contributed by atoms with Gasteiger partial charge in [0.25, 0.3) is 0 Å². The van der Waals surface area contributed by atoms with Crippen LogP contribution in [0.25, 0.3) is 0 Å². The zero-order chi connectivity index (χ0) is 19.9. The molecule has 1 aliphatic rings. The molecule has 7 nitrogen and oxygen atoms in total. The summed E-state index contributed by atoms with van der Waals surface area (Å²) in [6.45, 7) is 7.73. The lowest BCUT2D eigenvalue weighted by Crippen LogP contribution is -2.46. The maximum Gasteiger partial charge on any atom is 0.247 e. The Morgan fingerprint density at radius 2 is 1.72 bits per heavy atom. The number of piperazine rings is 1. The largest absolute Gasteiger partial charge is 0.489 e. The third-order valence-corrected chi connectivity index (χ3v) is 5.03. The van der Waals surface area contributed by atoms with Crippen LogP contribution in [0.1, 0.15) is 12.5 Å². The molecule has 1 N–H and O–H groups in total. The predicted molar refractivity (Wildman–Crippen MR) is 115 cm³/mol. The van der Waals surface area contributed by atoms with Crippen LogP contribution >= 0.6 is 0 Å². The van der Waals surface area contributed by atoms with E-state index in [2.05, 4.69) is 49.4 Å². The van der Waals surface area contributed by atoms with Gasteiger partial charge in [-0.1, -0.05) is 37.3 Å². The molecule has 0 amide bonds. The average molecular weight is 390 g/mol. The second-order valence-corrected chi connectivity index (χ2v) is 6.99. The molecule has 7 heteroatoms. The van der Waals surface area contributed by atoms with Gasteiger partial charge in [0, 0.05) is 31.9 Å². The highest BCUT2D eigenvalue weighted by Gasteiger charge is 2.18. The summed E-state index contributed by atoms with van der Waals surface area (Å²) in [4.78, 5) is 9.24. The number of anilines is 3. The number of likely N-dealkylation sites (N-methyl/N-ethyl adjacent to an activating group) is 1. The molecule has 29 heavy (non-hydrogen) atoms. The van der Waals surface area contributed by atoms with E-state index in [0.29, 0.717) is 18.4 Å². The van der Waals surface area contributed by atoms with Gasteiger partial charge < -0.3 is 19.9 Å². The number of nitrogens with one attached hydrogen (secondary N) is 1. The first kappa shape index (κ1) is 19.1. The smallest absolute Gasteiger partial charge is 0.247 e. The molecule has 0 spiro atoms. The normalized spacial score (nSPS) is 14.6. The van der Waals surface area contributed by atoms with E-state index < -0.39 is 0 Å². The van der Waals surface area contributed by atoms with Crippen LogP contribution in [0.15, 0.2) is 60.8 Å². The van der Waals surface area contributed by atoms with E-state index in [-0.39, 0.29) is 0 Å². The summed E-state index contributed by atoms with van der Waals surface area (Å²) in [7, 11) is 0. The summed E-state index contributed by atoms with van der Waals surface area (Å²) in [5.41, 5.74) is 2.08. The molecule has 1 fully saturated rings. The summed E-state index contributed by atoms with van der Waals surface area (Å²) in [5.74, 6) is 2.19. The summed E-state index contributed by atoms with van der Waals surface area (Å²) in [6.07, 6.45) is 1.64. The lowest BCUT2D eigenvalue weighted by atomic mass is 10.2. The zero-order valence-corrected chi connectivity index (χ0v) is 16.7. The highest BCUT2D eigenvalue weighted by Crippen LogP contribution is 2.20. The van der Waals surface area contributed by atoms with Crippen molar-refractivity contribution < 1.29 is 4.74 Å². The van der Waals surface area contributed by atoms with Crippen LogP contribution in [0, 0.1) is 0 Å². The number of hydrogen-bond acceptors (Lipinski definition) is 7. The van der Waals surface area contributed by atoms with Gasteiger partial charge in [0.1, 0.15) is 12.4 Å². The molecule has 4 rings (SSSR count). The van der Waals surface area contributed by atoms with Gasteiger partial charge in [-0.15, -0.1) is 5.10 Å². The van der Waals surface area contributed by atoms with E-state index in [1.807, 2.05) is 42.5 Å². The van der Waals surface area contributed by atoms with Crippen molar-refractivity contribution in [2.45, 2.75) is 13.5 Å². The Bertz CT molecular complexity index is 895. The van der Waals surface area contributed by atoms with Gasteiger partial charge in [-0.3, -0.25) is 0 Å². The van der Waals surface area contributed by atoms with Crippen LogP contribution in [0.5, 0.6) is 5.75 Å². The van der Waals surface area contributed by atoms with E-state index in [4.69, 9.17) is 4.74 Å². The van der Waals surface area contributed by atoms with Gasteiger partial charge >= 0.3 is 0 Å². The van der Waals surface area contributed by atoms with Crippen LogP contribution < -0.4 is 15.0 Å². The molecule has 0 saturated carbocycles. The third-order valence-electron chi connectivity index (χ3n) is 5.03. The maximum atomic E-state index is 5.84. The van der Waals surface area contributed by atoms with E-state index in [1.165, 1.54) is 0 Å². The molecule has 1 saturated heterocycles. The second kappa shape index (κ2) is 9.34. The average Bonchev–Trinajstić information content (AvgIpc) is 2.79. The minimum Gasteiger partial charge on any atom is -0.489 e. The minimum absolute atomic E-state index is 0.554. The first-order valence-corrected chi connectivity index (χ1v) is 10.0. The van der Waals surface area contributed by atoms with Crippen molar-refractivity contribution in [1.29, 1.82) is 0 Å². The van der Waals surface area contributed by atoms with Gasteiger partial charge in [-0.05, 0) is 36.4 Å². The number of ether oxygens (including phenoxy) is 1. The lowest BCUT2D eigenvalue weighted by molar-refractivity contribution is 0.269. The fourth-order valence-corrected chi connectivity index (χ4v) is 3.28. The molecule has 150 valence electrons. The third kappa shape index (κ3) is 5.20. The zero-order valence-electron chi connectivity index (χ0n) is 16.7. The molecule has 1 aromatic heterocycles. The number of rotatable bonds is 7. The van der Waals surface area contributed by atoms with Gasteiger partial charge in [0.05, 0.1) is 6.20 Å². The highest BCUT2D eigenvalue weighted by molar-refractivity contribution is 5.57. The van der Waals surface area contributed by atoms with E-state index in [1.54, 1.807) is 6.20 Å².